The van der Waals surface area contributed by atoms with Crippen molar-refractivity contribution in [3.63, 3.8) is 0 Å². The van der Waals surface area contributed by atoms with Gasteiger partial charge >= 0.3 is 0 Å². The first-order chi connectivity index (χ1) is 10.1. The van der Waals surface area contributed by atoms with E-state index in [0.717, 1.165) is 23.0 Å². The zero-order valence-corrected chi connectivity index (χ0v) is 12.6. The minimum atomic E-state index is 0.586. The van der Waals surface area contributed by atoms with Crippen molar-refractivity contribution in [2.75, 3.05) is 21.3 Å². The molecule has 2 aromatic rings. The standard InChI is InChI=1S/C17H18O4/c1-11-5-6-12(10-18)14(7-11)17-15(20-3)8-13(19-2)9-16(17)21-4/h5-10H,1-4H3. The van der Waals surface area contributed by atoms with Crippen LogP contribution in [-0.4, -0.2) is 27.6 Å². The number of rotatable bonds is 5. The van der Waals surface area contributed by atoms with Crippen molar-refractivity contribution >= 4 is 6.29 Å². The van der Waals surface area contributed by atoms with Gasteiger partial charge in [0, 0.05) is 17.7 Å². The normalized spacial score (nSPS) is 10.1. The quantitative estimate of drug-likeness (QED) is 0.789. The zero-order chi connectivity index (χ0) is 15.4. The molecule has 0 fully saturated rings. The highest BCUT2D eigenvalue weighted by Gasteiger charge is 2.18. The van der Waals surface area contributed by atoms with Gasteiger partial charge in [-0.15, -0.1) is 0 Å². The van der Waals surface area contributed by atoms with Crippen LogP contribution < -0.4 is 14.2 Å². The van der Waals surface area contributed by atoms with Crippen LogP contribution in [0.5, 0.6) is 17.2 Å². The molecule has 0 aliphatic rings. The number of aldehydes is 1. The summed E-state index contributed by atoms with van der Waals surface area (Å²) in [5, 5.41) is 0. The molecule has 0 bridgehead atoms. The van der Waals surface area contributed by atoms with Crippen LogP contribution >= 0.6 is 0 Å². The predicted molar refractivity (Wildman–Crippen MR) is 81.7 cm³/mol. The van der Waals surface area contributed by atoms with E-state index in [9.17, 15) is 4.79 Å². The van der Waals surface area contributed by atoms with Crippen molar-refractivity contribution in [1.82, 2.24) is 0 Å². The van der Waals surface area contributed by atoms with Gasteiger partial charge in [0.2, 0.25) is 0 Å². The van der Waals surface area contributed by atoms with E-state index in [1.807, 2.05) is 19.1 Å². The Bertz CT molecular complexity index is 637. The number of aryl methyl sites for hydroxylation is 1. The fourth-order valence-electron chi connectivity index (χ4n) is 2.26. The van der Waals surface area contributed by atoms with Crippen molar-refractivity contribution in [3.05, 3.63) is 41.5 Å². The van der Waals surface area contributed by atoms with Crippen molar-refractivity contribution in [2.45, 2.75) is 6.92 Å². The van der Waals surface area contributed by atoms with Gasteiger partial charge in [-0.05, 0) is 12.5 Å². The summed E-state index contributed by atoms with van der Waals surface area (Å²) in [6.07, 6.45) is 0.831. The van der Waals surface area contributed by atoms with Gasteiger partial charge in [0.25, 0.3) is 0 Å². The monoisotopic (exact) mass is 286 g/mol. The van der Waals surface area contributed by atoms with Gasteiger partial charge in [0.1, 0.15) is 17.2 Å². The van der Waals surface area contributed by atoms with E-state index < -0.39 is 0 Å². The average Bonchev–Trinajstić information content (AvgIpc) is 2.53. The number of carbonyl (C=O) groups is 1. The third-order valence-corrected chi connectivity index (χ3v) is 3.32. The van der Waals surface area contributed by atoms with Crippen molar-refractivity contribution < 1.29 is 19.0 Å². The Labute approximate surface area is 124 Å². The first kappa shape index (κ1) is 14.9. The topological polar surface area (TPSA) is 44.8 Å². The SMILES string of the molecule is COc1cc(OC)c(-c2cc(C)ccc2C=O)c(OC)c1. The lowest BCUT2D eigenvalue weighted by Gasteiger charge is -2.16. The van der Waals surface area contributed by atoms with E-state index in [2.05, 4.69) is 0 Å². The molecular weight excluding hydrogens is 268 g/mol. The molecule has 110 valence electrons. The molecule has 0 saturated heterocycles. The number of carbonyl (C=O) groups excluding carboxylic acids is 1. The van der Waals surface area contributed by atoms with Crippen molar-refractivity contribution in [2.24, 2.45) is 0 Å². The number of hydrogen-bond acceptors (Lipinski definition) is 4. The van der Waals surface area contributed by atoms with Gasteiger partial charge in [0.05, 0.1) is 26.9 Å². The molecule has 21 heavy (non-hydrogen) atoms. The van der Waals surface area contributed by atoms with Gasteiger partial charge < -0.3 is 14.2 Å². The van der Waals surface area contributed by atoms with Gasteiger partial charge in [-0.1, -0.05) is 23.8 Å². The molecule has 0 N–H and O–H groups in total. The second-order valence-electron chi connectivity index (χ2n) is 4.62. The minimum absolute atomic E-state index is 0.586. The Morgan fingerprint density at radius 2 is 1.52 bits per heavy atom. The molecular formula is C17H18O4. The van der Waals surface area contributed by atoms with E-state index >= 15 is 0 Å². The smallest absolute Gasteiger partial charge is 0.150 e. The molecule has 0 spiro atoms. The van der Waals surface area contributed by atoms with Crippen LogP contribution in [0.25, 0.3) is 11.1 Å². The van der Waals surface area contributed by atoms with Crippen molar-refractivity contribution in [1.29, 1.82) is 0 Å². The maximum absolute atomic E-state index is 11.3. The van der Waals surface area contributed by atoms with Crippen LogP contribution in [0.15, 0.2) is 30.3 Å². The van der Waals surface area contributed by atoms with E-state index in [0.29, 0.717) is 22.8 Å². The largest absolute Gasteiger partial charge is 0.496 e. The van der Waals surface area contributed by atoms with Crippen LogP contribution in [0.3, 0.4) is 0 Å². The lowest BCUT2D eigenvalue weighted by atomic mass is 9.96. The molecule has 2 rings (SSSR count). The van der Waals surface area contributed by atoms with Crippen LogP contribution in [0.1, 0.15) is 15.9 Å². The molecule has 4 heteroatoms. The molecule has 0 aromatic heterocycles. The molecule has 0 aliphatic heterocycles. The maximum atomic E-state index is 11.3. The summed E-state index contributed by atoms with van der Waals surface area (Å²) in [5.41, 5.74) is 3.16. The Morgan fingerprint density at radius 1 is 0.905 bits per heavy atom. The summed E-state index contributed by atoms with van der Waals surface area (Å²) in [6.45, 7) is 1.97. The van der Waals surface area contributed by atoms with Crippen LogP contribution in [0.2, 0.25) is 0 Å². The summed E-state index contributed by atoms with van der Waals surface area (Å²) in [6, 6.07) is 9.18. The van der Waals surface area contributed by atoms with Gasteiger partial charge in [0.15, 0.2) is 6.29 Å². The molecule has 0 unspecified atom stereocenters. The van der Waals surface area contributed by atoms with Crippen LogP contribution in [0.4, 0.5) is 0 Å². The summed E-state index contributed by atoms with van der Waals surface area (Å²) in [5.74, 6) is 1.83. The molecule has 0 radical (unpaired) electrons. The Morgan fingerprint density at radius 3 is 2.00 bits per heavy atom. The summed E-state index contributed by atoms with van der Waals surface area (Å²) >= 11 is 0. The second kappa shape index (κ2) is 6.31. The third kappa shape index (κ3) is 2.84. The zero-order valence-electron chi connectivity index (χ0n) is 12.6. The lowest BCUT2D eigenvalue weighted by Crippen LogP contribution is -1.98. The van der Waals surface area contributed by atoms with E-state index in [1.54, 1.807) is 39.5 Å². The Hall–Kier alpha value is -2.49. The highest BCUT2D eigenvalue weighted by Crippen LogP contribution is 2.43. The molecule has 0 aliphatic carbocycles. The fraction of sp³-hybridized carbons (Fsp3) is 0.235. The van der Waals surface area contributed by atoms with Gasteiger partial charge in [-0.3, -0.25) is 4.79 Å². The summed E-state index contributed by atoms with van der Waals surface area (Å²) in [7, 11) is 4.74. The molecule has 0 heterocycles. The molecule has 0 saturated carbocycles. The highest BCUT2D eigenvalue weighted by atomic mass is 16.5. The molecule has 4 nitrogen and oxygen atoms in total. The minimum Gasteiger partial charge on any atom is -0.496 e. The second-order valence-corrected chi connectivity index (χ2v) is 4.62. The van der Waals surface area contributed by atoms with E-state index in [-0.39, 0.29) is 0 Å². The third-order valence-electron chi connectivity index (χ3n) is 3.32. The van der Waals surface area contributed by atoms with Crippen LogP contribution in [-0.2, 0) is 0 Å². The Kier molecular flexibility index (Phi) is 4.48. The number of ether oxygens (including phenoxy) is 3. The molecule has 2 aromatic carbocycles. The number of methoxy groups -OCH3 is 3. The average molecular weight is 286 g/mol. The van der Waals surface area contributed by atoms with Crippen molar-refractivity contribution in [3.8, 4) is 28.4 Å². The first-order valence-electron chi connectivity index (χ1n) is 6.50. The number of benzene rings is 2. The van der Waals surface area contributed by atoms with E-state index in [4.69, 9.17) is 14.2 Å². The Balaban J connectivity index is 2.78. The first-order valence-corrected chi connectivity index (χ1v) is 6.50. The highest BCUT2D eigenvalue weighted by molar-refractivity contribution is 5.92. The van der Waals surface area contributed by atoms with Gasteiger partial charge in [-0.2, -0.15) is 0 Å². The summed E-state index contributed by atoms with van der Waals surface area (Å²) < 4.78 is 16.1. The maximum Gasteiger partial charge on any atom is 0.150 e. The predicted octanol–water partition coefficient (Wildman–Crippen LogP) is 3.50. The molecule has 0 amide bonds. The fourth-order valence-corrected chi connectivity index (χ4v) is 2.26. The summed E-state index contributed by atoms with van der Waals surface area (Å²) in [4.78, 5) is 11.3. The lowest BCUT2D eigenvalue weighted by molar-refractivity contribution is 0.112. The van der Waals surface area contributed by atoms with E-state index in [1.165, 1.54) is 0 Å². The molecule has 0 atom stereocenters. The number of hydrogen-bond donors (Lipinski definition) is 0. The van der Waals surface area contributed by atoms with Crippen LogP contribution in [0, 0.1) is 6.92 Å². The van der Waals surface area contributed by atoms with Gasteiger partial charge in [-0.25, -0.2) is 0 Å².